The van der Waals surface area contributed by atoms with Crippen LogP contribution < -0.4 is 4.74 Å². The molecule has 3 aliphatic rings. The van der Waals surface area contributed by atoms with Gasteiger partial charge in [0.15, 0.2) is 0 Å². The van der Waals surface area contributed by atoms with Crippen molar-refractivity contribution in [3.05, 3.63) is 59.3 Å². The maximum atomic E-state index is 13.9. The topological polar surface area (TPSA) is 89.1 Å². The largest absolute Gasteiger partial charge is 0.508 e. The summed E-state index contributed by atoms with van der Waals surface area (Å²) in [6.45, 7) is 5.66. The molecule has 1 aliphatic carbocycles. The number of nitrogens with zero attached hydrogens (tertiary/aromatic N) is 3. The second-order valence-corrected chi connectivity index (χ2v) is 10.8. The highest BCUT2D eigenvalue weighted by Gasteiger charge is 2.60. The second-order valence-electron chi connectivity index (χ2n) is 10.8. The Morgan fingerprint density at radius 1 is 1.19 bits per heavy atom. The van der Waals surface area contributed by atoms with Gasteiger partial charge in [0.2, 0.25) is 0 Å². The highest BCUT2D eigenvalue weighted by Crippen LogP contribution is 2.49. The highest BCUT2D eigenvalue weighted by atomic mass is 16.5. The third-order valence-electron chi connectivity index (χ3n) is 8.20. The van der Waals surface area contributed by atoms with E-state index < -0.39 is 11.6 Å². The van der Waals surface area contributed by atoms with Gasteiger partial charge in [0.1, 0.15) is 23.1 Å². The van der Waals surface area contributed by atoms with Crippen molar-refractivity contribution in [2.24, 2.45) is 0 Å². The Balaban J connectivity index is 1.42. The number of phenols is 1. The lowest BCUT2D eigenvalue weighted by Gasteiger charge is -2.42. The predicted octanol–water partition coefficient (Wildman–Crippen LogP) is 4.42. The Morgan fingerprint density at radius 2 is 2.00 bits per heavy atom. The predicted molar refractivity (Wildman–Crippen MR) is 141 cm³/mol. The minimum Gasteiger partial charge on any atom is -0.508 e. The van der Waals surface area contributed by atoms with Gasteiger partial charge in [0.05, 0.1) is 6.61 Å². The number of hydrogen-bond donors (Lipinski definition) is 2. The third-order valence-corrected chi connectivity index (χ3v) is 8.20. The molecule has 6 rings (SSSR count). The van der Waals surface area contributed by atoms with E-state index in [1.165, 1.54) is 17.7 Å². The van der Waals surface area contributed by atoms with E-state index in [1.54, 1.807) is 23.1 Å². The summed E-state index contributed by atoms with van der Waals surface area (Å²) >= 11 is 0. The average Bonchev–Trinajstić information content (AvgIpc) is 3.64. The summed E-state index contributed by atoms with van der Waals surface area (Å²) in [5, 5.41) is 11.3. The molecule has 1 saturated heterocycles. The van der Waals surface area contributed by atoms with Crippen molar-refractivity contribution in [3.63, 3.8) is 0 Å². The van der Waals surface area contributed by atoms with Crippen LogP contribution in [-0.2, 0) is 11.2 Å². The Bertz CT molecular complexity index is 1380. The number of rotatable bonds is 8. The monoisotopic (exact) mass is 502 g/mol. The number of amides is 3. The summed E-state index contributed by atoms with van der Waals surface area (Å²) in [6.07, 6.45) is 3.62. The van der Waals surface area contributed by atoms with Crippen LogP contribution in [0.1, 0.15) is 56.0 Å². The van der Waals surface area contributed by atoms with Crippen molar-refractivity contribution in [2.45, 2.75) is 57.2 Å². The Morgan fingerprint density at radius 3 is 2.73 bits per heavy atom. The van der Waals surface area contributed by atoms with Crippen LogP contribution in [-0.4, -0.2) is 75.1 Å². The Kier molecular flexibility index (Phi) is 5.67. The number of aromatic nitrogens is 1. The van der Waals surface area contributed by atoms with Crippen molar-refractivity contribution in [1.82, 2.24) is 19.7 Å². The van der Waals surface area contributed by atoms with E-state index >= 15 is 0 Å². The number of urea groups is 1. The van der Waals surface area contributed by atoms with Crippen LogP contribution in [0, 0.1) is 0 Å². The van der Waals surface area contributed by atoms with Crippen LogP contribution in [0.25, 0.3) is 10.9 Å². The normalized spacial score (nSPS) is 23.2. The molecular formula is C29H34N4O4. The number of carbonyl (C=O) groups is 2. The molecule has 37 heavy (non-hydrogen) atoms. The Hall–Kier alpha value is -3.52. The lowest BCUT2D eigenvalue weighted by atomic mass is 9.81. The second kappa shape index (κ2) is 8.80. The van der Waals surface area contributed by atoms with Gasteiger partial charge in [-0.15, -0.1) is 0 Å². The van der Waals surface area contributed by atoms with Gasteiger partial charge in [-0.3, -0.25) is 14.6 Å². The molecule has 194 valence electrons. The quantitative estimate of drug-likeness (QED) is 0.445. The van der Waals surface area contributed by atoms with Crippen LogP contribution >= 0.6 is 0 Å². The van der Waals surface area contributed by atoms with Gasteiger partial charge in [-0.25, -0.2) is 4.79 Å². The highest BCUT2D eigenvalue weighted by molar-refractivity contribution is 6.08. The van der Waals surface area contributed by atoms with Crippen molar-refractivity contribution in [2.75, 3.05) is 26.7 Å². The minimum absolute atomic E-state index is 0.124. The van der Waals surface area contributed by atoms with E-state index in [-0.39, 0.29) is 17.7 Å². The van der Waals surface area contributed by atoms with Gasteiger partial charge in [-0.1, -0.05) is 12.1 Å². The molecule has 8 nitrogen and oxygen atoms in total. The summed E-state index contributed by atoms with van der Waals surface area (Å²) in [4.78, 5) is 36.9. The van der Waals surface area contributed by atoms with Gasteiger partial charge < -0.3 is 19.7 Å². The molecule has 0 radical (unpaired) electrons. The molecule has 3 heterocycles. The zero-order valence-electron chi connectivity index (χ0n) is 21.7. The van der Waals surface area contributed by atoms with Gasteiger partial charge >= 0.3 is 6.03 Å². The van der Waals surface area contributed by atoms with E-state index in [0.717, 1.165) is 46.4 Å². The number of hydrogen-bond acceptors (Lipinski definition) is 5. The number of phenolic OH excluding ortho intramolecular Hbond substituents is 1. The lowest BCUT2D eigenvalue weighted by Crippen LogP contribution is -2.53. The number of H-pyrrole nitrogens is 1. The molecule has 0 unspecified atom stereocenters. The van der Waals surface area contributed by atoms with E-state index in [0.29, 0.717) is 25.6 Å². The number of nitrogens with one attached hydrogen (secondary N) is 1. The Labute approximate surface area is 216 Å². The summed E-state index contributed by atoms with van der Waals surface area (Å²) < 4.78 is 5.76. The molecular weight excluding hydrogens is 468 g/mol. The smallest absolute Gasteiger partial charge is 0.328 e. The minimum atomic E-state index is -1.03. The SMILES string of the molecule is CCOc1ccc2[nH]c3c(c2c1)C[C@@]1(C)C(=O)N(CCCN(C)C2CC2)C(=O)N1[C@@H]3c1cccc(O)c1. The average molecular weight is 503 g/mol. The zero-order valence-corrected chi connectivity index (χ0v) is 21.7. The first-order chi connectivity index (χ1) is 17.8. The maximum absolute atomic E-state index is 13.9. The molecule has 2 fully saturated rings. The summed E-state index contributed by atoms with van der Waals surface area (Å²) in [7, 11) is 2.11. The van der Waals surface area contributed by atoms with Crippen LogP contribution in [0.3, 0.4) is 0 Å². The van der Waals surface area contributed by atoms with Crippen LogP contribution in [0.5, 0.6) is 11.5 Å². The first-order valence-electron chi connectivity index (χ1n) is 13.2. The van der Waals surface area contributed by atoms with Gasteiger partial charge in [0.25, 0.3) is 5.91 Å². The fraction of sp³-hybridized carbons (Fsp3) is 0.448. The molecule has 1 saturated carbocycles. The number of ether oxygens (including phenoxy) is 1. The molecule has 1 aromatic heterocycles. The van der Waals surface area contributed by atoms with Gasteiger partial charge in [0, 0.05) is 35.6 Å². The fourth-order valence-corrected chi connectivity index (χ4v) is 6.16. The molecule has 2 atom stereocenters. The number of aromatic hydroxyl groups is 1. The molecule has 2 aliphatic heterocycles. The van der Waals surface area contributed by atoms with Crippen molar-refractivity contribution in [3.8, 4) is 11.5 Å². The molecule has 3 amide bonds. The van der Waals surface area contributed by atoms with Crippen molar-refractivity contribution < 1.29 is 19.4 Å². The number of aromatic amines is 1. The van der Waals surface area contributed by atoms with E-state index in [1.807, 2.05) is 38.1 Å². The number of imide groups is 1. The first-order valence-corrected chi connectivity index (χ1v) is 13.2. The lowest BCUT2D eigenvalue weighted by molar-refractivity contribution is -0.133. The molecule has 2 aromatic carbocycles. The van der Waals surface area contributed by atoms with Crippen molar-refractivity contribution >= 4 is 22.8 Å². The molecule has 3 aromatic rings. The first kappa shape index (κ1) is 23.9. The molecule has 8 heteroatoms. The molecule has 2 N–H and O–H groups in total. The van der Waals surface area contributed by atoms with E-state index in [9.17, 15) is 14.7 Å². The van der Waals surface area contributed by atoms with E-state index in [4.69, 9.17) is 4.74 Å². The summed E-state index contributed by atoms with van der Waals surface area (Å²) in [5.74, 6) is 0.741. The number of carbonyl (C=O) groups excluding carboxylic acids is 2. The van der Waals surface area contributed by atoms with Gasteiger partial charge in [-0.05, 0) is 88.2 Å². The van der Waals surface area contributed by atoms with E-state index in [2.05, 4.69) is 16.9 Å². The third kappa shape index (κ3) is 3.85. The van der Waals surface area contributed by atoms with Crippen molar-refractivity contribution in [1.29, 1.82) is 0 Å². The standard InChI is InChI=1S/C29H34N4O4/c1-4-37-21-11-12-24-22(16-21)23-17-29(2)27(35)32(14-6-13-31(3)19-9-10-19)28(36)33(29)26(25(23)30-24)18-7-5-8-20(34)15-18/h5,7-8,11-12,15-16,19,26,30,34H,4,6,9-10,13-14,17H2,1-3H3/t26-,29+/m1/s1. The fourth-order valence-electron chi connectivity index (χ4n) is 6.16. The van der Waals surface area contributed by atoms with Crippen LogP contribution in [0.4, 0.5) is 4.79 Å². The number of fused-ring (bicyclic) bond motifs is 4. The van der Waals surface area contributed by atoms with Crippen LogP contribution in [0.15, 0.2) is 42.5 Å². The zero-order chi connectivity index (χ0) is 25.9. The summed E-state index contributed by atoms with van der Waals surface area (Å²) in [5.41, 5.74) is 2.56. The maximum Gasteiger partial charge on any atom is 0.328 e. The molecule has 0 bridgehead atoms. The van der Waals surface area contributed by atoms with Crippen LogP contribution in [0.2, 0.25) is 0 Å². The summed E-state index contributed by atoms with van der Waals surface area (Å²) in [6, 6.07) is 12.8. The molecule has 0 spiro atoms. The van der Waals surface area contributed by atoms with Gasteiger partial charge in [-0.2, -0.15) is 0 Å². The number of benzene rings is 2.